The van der Waals surface area contributed by atoms with Gasteiger partial charge in [0, 0.05) is 10.0 Å². The number of halogens is 1. The normalized spacial score (nSPS) is 10.4. The van der Waals surface area contributed by atoms with Crippen LogP contribution in [0.25, 0.3) is 11.3 Å². The second-order valence-electron chi connectivity index (χ2n) is 2.67. The molecule has 0 saturated heterocycles. The number of hydrogen-bond donors (Lipinski definition) is 1. The Morgan fingerprint density at radius 2 is 2.00 bits per heavy atom. The molecule has 1 aromatic heterocycles. The van der Waals surface area contributed by atoms with Gasteiger partial charge in [0.2, 0.25) is 5.69 Å². The fourth-order valence-electron chi connectivity index (χ4n) is 1.12. The molecular weight excluding hydrogens is 250 g/mol. The standard InChI is InChI=1S/C8H6BrN3O2/c9-6-3-1-5(2-4-6)7-8(10)11-14-12(7)13/h1-4H,(H2,10,11). The lowest BCUT2D eigenvalue weighted by atomic mass is 10.1. The molecule has 5 nitrogen and oxygen atoms in total. The van der Waals surface area contributed by atoms with Gasteiger partial charge >= 0.3 is 5.82 Å². The van der Waals surface area contributed by atoms with Crippen molar-refractivity contribution in [2.75, 3.05) is 5.73 Å². The van der Waals surface area contributed by atoms with Gasteiger partial charge < -0.3 is 10.9 Å². The summed E-state index contributed by atoms with van der Waals surface area (Å²) in [5, 5.41) is 14.5. The van der Waals surface area contributed by atoms with E-state index in [1.165, 1.54) is 0 Å². The highest BCUT2D eigenvalue weighted by atomic mass is 79.9. The fraction of sp³-hybridized carbons (Fsp3) is 0. The molecule has 0 aliphatic heterocycles. The maximum absolute atomic E-state index is 11.1. The minimum absolute atomic E-state index is 0.0855. The monoisotopic (exact) mass is 255 g/mol. The molecule has 2 rings (SSSR count). The quantitative estimate of drug-likeness (QED) is 0.780. The van der Waals surface area contributed by atoms with Gasteiger partial charge in [0.1, 0.15) is 0 Å². The maximum atomic E-state index is 11.1. The molecule has 0 bridgehead atoms. The van der Waals surface area contributed by atoms with Crippen molar-refractivity contribution >= 4 is 21.7 Å². The summed E-state index contributed by atoms with van der Waals surface area (Å²) in [5.74, 6) is 0.0855. The molecule has 0 spiro atoms. The second kappa shape index (κ2) is 3.30. The van der Waals surface area contributed by atoms with E-state index in [0.29, 0.717) is 10.5 Å². The highest BCUT2D eigenvalue weighted by molar-refractivity contribution is 9.10. The molecular formula is C8H6BrN3O2. The predicted molar refractivity (Wildman–Crippen MR) is 53.0 cm³/mol. The van der Waals surface area contributed by atoms with E-state index in [9.17, 15) is 5.21 Å². The molecule has 1 aromatic carbocycles. The first-order chi connectivity index (χ1) is 6.68. The van der Waals surface area contributed by atoms with Crippen LogP contribution in [0.15, 0.2) is 33.4 Å². The van der Waals surface area contributed by atoms with Crippen molar-refractivity contribution in [3.8, 4) is 11.3 Å². The number of nitrogens with two attached hydrogens (primary N) is 1. The zero-order valence-electron chi connectivity index (χ0n) is 6.98. The molecule has 14 heavy (non-hydrogen) atoms. The SMILES string of the molecule is Nc1no[n+]([O-])c1-c1ccc(Br)cc1. The largest absolute Gasteiger partial charge is 0.359 e. The molecule has 6 heteroatoms. The van der Waals surface area contributed by atoms with Crippen LogP contribution in [0.2, 0.25) is 0 Å². The number of anilines is 1. The van der Waals surface area contributed by atoms with Gasteiger partial charge in [-0.3, -0.25) is 4.63 Å². The van der Waals surface area contributed by atoms with Gasteiger partial charge in [-0.15, -0.1) is 0 Å². The molecule has 0 atom stereocenters. The molecule has 0 unspecified atom stereocenters. The van der Waals surface area contributed by atoms with E-state index in [1.807, 2.05) is 12.1 Å². The lowest BCUT2D eigenvalue weighted by molar-refractivity contribution is -0.793. The Labute approximate surface area is 87.8 Å². The first-order valence-corrected chi connectivity index (χ1v) is 4.59. The third-order valence-corrected chi connectivity index (χ3v) is 2.28. The third-order valence-electron chi connectivity index (χ3n) is 1.76. The second-order valence-corrected chi connectivity index (χ2v) is 3.59. The molecule has 0 aliphatic carbocycles. The van der Waals surface area contributed by atoms with Gasteiger partial charge in [0.15, 0.2) is 0 Å². The van der Waals surface area contributed by atoms with Crippen LogP contribution in [0.3, 0.4) is 0 Å². The van der Waals surface area contributed by atoms with Crippen LogP contribution in [0, 0.1) is 5.21 Å². The number of nitrogen functional groups attached to an aromatic ring is 1. The van der Waals surface area contributed by atoms with Crippen LogP contribution in [-0.4, -0.2) is 5.16 Å². The number of benzene rings is 1. The van der Waals surface area contributed by atoms with Gasteiger partial charge in [-0.25, -0.2) is 0 Å². The molecule has 2 N–H and O–H groups in total. The molecule has 0 amide bonds. The highest BCUT2D eigenvalue weighted by Gasteiger charge is 2.17. The van der Waals surface area contributed by atoms with E-state index in [1.54, 1.807) is 12.1 Å². The number of aromatic nitrogens is 2. The lowest BCUT2D eigenvalue weighted by Crippen LogP contribution is -2.25. The Morgan fingerprint density at radius 3 is 2.50 bits per heavy atom. The van der Waals surface area contributed by atoms with Crippen LogP contribution >= 0.6 is 15.9 Å². The highest BCUT2D eigenvalue weighted by Crippen LogP contribution is 2.22. The van der Waals surface area contributed by atoms with E-state index < -0.39 is 0 Å². The molecule has 1 heterocycles. The Bertz CT molecular complexity index is 433. The minimum atomic E-state index is 0.0855. The van der Waals surface area contributed by atoms with Crippen molar-refractivity contribution in [1.82, 2.24) is 5.16 Å². The molecule has 0 radical (unpaired) electrons. The summed E-state index contributed by atoms with van der Waals surface area (Å²) in [7, 11) is 0. The van der Waals surface area contributed by atoms with Crippen molar-refractivity contribution in [2.45, 2.75) is 0 Å². The van der Waals surface area contributed by atoms with Crippen molar-refractivity contribution < 1.29 is 9.53 Å². The Hall–Kier alpha value is -1.56. The van der Waals surface area contributed by atoms with E-state index in [-0.39, 0.29) is 11.5 Å². The molecule has 72 valence electrons. The first kappa shape index (κ1) is 9.01. The number of nitrogens with zero attached hydrogens (tertiary/aromatic N) is 2. The van der Waals surface area contributed by atoms with Crippen LogP contribution < -0.4 is 10.6 Å². The molecule has 0 saturated carbocycles. The minimum Gasteiger partial charge on any atom is -0.359 e. The predicted octanol–water partition coefficient (Wildman–Crippen LogP) is 1.32. The van der Waals surface area contributed by atoms with Gasteiger partial charge in [0.05, 0.1) is 5.16 Å². The van der Waals surface area contributed by atoms with Crippen molar-refractivity contribution in [3.05, 3.63) is 33.9 Å². The smallest absolute Gasteiger partial charge is 0.313 e. The molecule has 0 fully saturated rings. The summed E-state index contributed by atoms with van der Waals surface area (Å²) in [6.07, 6.45) is 0. The van der Waals surface area contributed by atoms with E-state index in [4.69, 9.17) is 5.73 Å². The zero-order valence-corrected chi connectivity index (χ0v) is 8.56. The third kappa shape index (κ3) is 1.44. The van der Waals surface area contributed by atoms with Crippen molar-refractivity contribution in [2.24, 2.45) is 0 Å². The van der Waals surface area contributed by atoms with Crippen molar-refractivity contribution in [3.63, 3.8) is 0 Å². The summed E-state index contributed by atoms with van der Waals surface area (Å²) < 4.78 is 5.28. The van der Waals surface area contributed by atoms with E-state index in [2.05, 4.69) is 25.7 Å². The van der Waals surface area contributed by atoms with Crippen LogP contribution in [0.4, 0.5) is 5.82 Å². The van der Waals surface area contributed by atoms with Gasteiger partial charge in [0.25, 0.3) is 0 Å². The van der Waals surface area contributed by atoms with Gasteiger partial charge in [-0.2, -0.15) is 0 Å². The van der Waals surface area contributed by atoms with E-state index >= 15 is 0 Å². The topological polar surface area (TPSA) is 79.0 Å². The number of rotatable bonds is 1. The van der Waals surface area contributed by atoms with Crippen LogP contribution in [0.5, 0.6) is 0 Å². The Kier molecular flexibility index (Phi) is 2.12. The van der Waals surface area contributed by atoms with Gasteiger partial charge in [-0.1, -0.05) is 15.9 Å². The Balaban J connectivity index is 2.54. The lowest BCUT2D eigenvalue weighted by Gasteiger charge is -1.96. The summed E-state index contributed by atoms with van der Waals surface area (Å²) in [4.78, 5) is 0.290. The Morgan fingerprint density at radius 1 is 1.36 bits per heavy atom. The summed E-state index contributed by atoms with van der Waals surface area (Å²) in [6.45, 7) is 0. The van der Waals surface area contributed by atoms with Gasteiger partial charge in [-0.05, 0) is 29.2 Å². The fourth-order valence-corrected chi connectivity index (χ4v) is 1.38. The molecule has 2 aromatic rings. The van der Waals surface area contributed by atoms with Crippen LogP contribution in [0.1, 0.15) is 0 Å². The number of hydrogen-bond acceptors (Lipinski definition) is 4. The summed E-state index contributed by atoms with van der Waals surface area (Å²) in [6, 6.07) is 7.12. The maximum Gasteiger partial charge on any atom is 0.313 e. The zero-order chi connectivity index (χ0) is 10.1. The molecule has 0 aliphatic rings. The van der Waals surface area contributed by atoms with Crippen molar-refractivity contribution in [1.29, 1.82) is 0 Å². The average Bonchev–Trinajstić information content (AvgIpc) is 2.49. The van der Waals surface area contributed by atoms with Crippen LogP contribution in [-0.2, 0) is 0 Å². The first-order valence-electron chi connectivity index (χ1n) is 3.79. The summed E-state index contributed by atoms with van der Waals surface area (Å²) >= 11 is 3.29. The summed E-state index contributed by atoms with van der Waals surface area (Å²) in [5.41, 5.74) is 6.38. The average molecular weight is 256 g/mol. The van der Waals surface area contributed by atoms with E-state index in [0.717, 1.165) is 4.47 Å².